The van der Waals surface area contributed by atoms with E-state index in [1.165, 1.54) is 0 Å². The van der Waals surface area contributed by atoms with Gasteiger partial charge in [0.1, 0.15) is 11.6 Å². The Hall–Kier alpha value is -1.69. The van der Waals surface area contributed by atoms with Crippen LogP contribution in [0, 0.1) is 11.6 Å². The van der Waals surface area contributed by atoms with E-state index in [0.29, 0.717) is 12.8 Å². The molecule has 0 aliphatic heterocycles. The highest BCUT2D eigenvalue weighted by Crippen LogP contribution is 2.48. The van der Waals surface area contributed by atoms with Gasteiger partial charge in [-0.3, -0.25) is 5.32 Å². The number of nitrogens with one attached hydrogen (secondary N) is 1. The molecule has 1 saturated carbocycles. The summed E-state index contributed by atoms with van der Waals surface area (Å²) >= 11 is 0. The van der Waals surface area contributed by atoms with E-state index >= 15 is 0 Å². The van der Waals surface area contributed by atoms with E-state index in [4.69, 9.17) is 9.84 Å². The Labute approximate surface area is 109 Å². The minimum Gasteiger partial charge on any atom is -0.465 e. The molecule has 1 aliphatic carbocycles. The Bertz CT molecular complexity index is 490. The summed E-state index contributed by atoms with van der Waals surface area (Å²) in [6.07, 6.45) is -0.270. The van der Waals surface area contributed by atoms with Gasteiger partial charge in [-0.05, 0) is 37.8 Å². The molecule has 0 bridgehead atoms. The van der Waals surface area contributed by atoms with Crippen molar-refractivity contribution in [1.82, 2.24) is 0 Å². The average molecular weight is 271 g/mol. The maximum atomic E-state index is 13.9. The molecule has 1 fully saturated rings. The number of ether oxygens (including phenoxy) is 1. The molecule has 0 spiro atoms. The Morgan fingerprint density at radius 2 is 1.95 bits per heavy atom. The molecule has 0 radical (unpaired) electrons. The van der Waals surface area contributed by atoms with Crippen molar-refractivity contribution in [3.05, 3.63) is 29.3 Å². The molecule has 104 valence electrons. The topological polar surface area (TPSA) is 58.6 Å². The number of rotatable bonds is 3. The van der Waals surface area contributed by atoms with Crippen LogP contribution in [0.1, 0.15) is 31.2 Å². The highest BCUT2D eigenvalue weighted by Gasteiger charge is 2.43. The maximum Gasteiger partial charge on any atom is 0.409 e. The van der Waals surface area contributed by atoms with Crippen LogP contribution < -0.4 is 5.32 Å². The Morgan fingerprint density at radius 3 is 2.37 bits per heavy atom. The summed E-state index contributed by atoms with van der Waals surface area (Å²) in [5, 5.41) is 10.4. The third-order valence-corrected chi connectivity index (χ3v) is 3.59. The highest BCUT2D eigenvalue weighted by molar-refractivity contribution is 5.82. The Morgan fingerprint density at radius 1 is 1.42 bits per heavy atom. The summed E-state index contributed by atoms with van der Waals surface area (Å²) in [5.74, 6) is -1.69. The second-order valence-corrected chi connectivity index (χ2v) is 5.04. The smallest absolute Gasteiger partial charge is 0.409 e. The molecule has 0 saturated heterocycles. The van der Waals surface area contributed by atoms with E-state index < -0.39 is 17.7 Å². The van der Waals surface area contributed by atoms with Crippen molar-refractivity contribution < 1.29 is 23.4 Å². The van der Waals surface area contributed by atoms with Gasteiger partial charge < -0.3 is 9.84 Å². The van der Waals surface area contributed by atoms with Gasteiger partial charge in [-0.15, -0.1) is 0 Å². The highest BCUT2D eigenvalue weighted by atomic mass is 19.1. The van der Waals surface area contributed by atoms with Crippen molar-refractivity contribution in [3.8, 4) is 0 Å². The number of methoxy groups -OCH3 is 1. The lowest BCUT2D eigenvalue weighted by atomic mass is 9.68. The first-order valence-corrected chi connectivity index (χ1v) is 5.89. The summed E-state index contributed by atoms with van der Waals surface area (Å²) in [6, 6.07) is 1.99. The molecule has 0 atom stereocenters. The van der Waals surface area contributed by atoms with Gasteiger partial charge >= 0.3 is 6.09 Å². The van der Waals surface area contributed by atoms with Crippen molar-refractivity contribution in [1.29, 1.82) is 0 Å². The minimum absolute atomic E-state index is 0.00506. The zero-order valence-electron chi connectivity index (χ0n) is 10.7. The van der Waals surface area contributed by atoms with Crippen molar-refractivity contribution in [2.45, 2.75) is 31.3 Å². The number of carbonyl (C=O) groups is 1. The monoisotopic (exact) mass is 271 g/mol. The fraction of sp³-hybridized carbons (Fsp3) is 0.462. The van der Waals surface area contributed by atoms with E-state index in [-0.39, 0.29) is 22.8 Å². The Kier molecular flexibility index (Phi) is 3.45. The van der Waals surface area contributed by atoms with Crippen LogP contribution in [0.15, 0.2) is 12.1 Å². The third kappa shape index (κ3) is 2.68. The average Bonchev–Trinajstić information content (AvgIpc) is 2.24. The van der Waals surface area contributed by atoms with Crippen molar-refractivity contribution >= 4 is 11.8 Å². The van der Waals surface area contributed by atoms with Crippen LogP contribution >= 0.6 is 0 Å². The quantitative estimate of drug-likeness (QED) is 0.886. The van der Waals surface area contributed by atoms with Crippen LogP contribution in [0.4, 0.5) is 19.3 Å². The number of hydrogen-bond donors (Lipinski definition) is 2. The molecule has 1 aromatic rings. The van der Waals surface area contributed by atoms with Gasteiger partial charge in [0.2, 0.25) is 0 Å². The molecule has 6 heteroatoms. The minimum atomic E-state index is -1.36. The first-order chi connectivity index (χ1) is 8.84. The molecule has 2 N–H and O–H groups in total. The van der Waals surface area contributed by atoms with Gasteiger partial charge in [0.25, 0.3) is 0 Å². The first kappa shape index (κ1) is 13.7. The van der Waals surface area contributed by atoms with Crippen LogP contribution in [-0.2, 0) is 4.74 Å². The molecule has 1 amide bonds. The fourth-order valence-corrected chi connectivity index (χ4v) is 2.52. The summed E-state index contributed by atoms with van der Waals surface area (Å²) < 4.78 is 33.0. The van der Waals surface area contributed by atoms with Crippen molar-refractivity contribution in [3.63, 3.8) is 0 Å². The van der Waals surface area contributed by atoms with E-state index in [0.717, 1.165) is 12.1 Å². The molecule has 0 unspecified atom stereocenters. The van der Waals surface area contributed by atoms with Crippen molar-refractivity contribution in [2.24, 2.45) is 0 Å². The van der Waals surface area contributed by atoms with Gasteiger partial charge in [-0.2, -0.15) is 0 Å². The second kappa shape index (κ2) is 4.77. The number of benzene rings is 1. The fourth-order valence-electron chi connectivity index (χ4n) is 2.52. The van der Waals surface area contributed by atoms with Crippen LogP contribution in [0.2, 0.25) is 0 Å². The molecule has 19 heavy (non-hydrogen) atoms. The zero-order valence-corrected chi connectivity index (χ0v) is 10.7. The molecule has 4 nitrogen and oxygen atoms in total. The normalized spacial score (nSPS) is 25.8. The largest absolute Gasteiger partial charge is 0.465 e. The lowest BCUT2D eigenvalue weighted by molar-refractivity contribution is -0.0702. The molecule has 1 aliphatic rings. The van der Waals surface area contributed by atoms with E-state index in [2.05, 4.69) is 0 Å². The van der Waals surface area contributed by atoms with Gasteiger partial charge in [0.05, 0.1) is 5.60 Å². The maximum absolute atomic E-state index is 13.9. The standard InChI is InChI=1S/C13H15F2NO3/c1-13(19-2)5-7(6-13)11-9(14)3-8(4-10(11)15)16-12(17)18/h3-4,7,16H,5-6H2,1-2H3,(H,17,18). The first-order valence-electron chi connectivity index (χ1n) is 5.89. The third-order valence-electron chi connectivity index (χ3n) is 3.59. The predicted molar refractivity (Wildman–Crippen MR) is 65.4 cm³/mol. The van der Waals surface area contributed by atoms with Crippen LogP contribution in [0.3, 0.4) is 0 Å². The van der Waals surface area contributed by atoms with Gasteiger partial charge in [-0.25, -0.2) is 13.6 Å². The molecule has 1 aromatic carbocycles. The lowest BCUT2D eigenvalue weighted by Gasteiger charge is -2.44. The SMILES string of the molecule is COC1(C)CC(c2c(F)cc(NC(=O)O)cc2F)C1. The molecular weight excluding hydrogens is 256 g/mol. The summed E-state index contributed by atoms with van der Waals surface area (Å²) in [7, 11) is 1.57. The van der Waals surface area contributed by atoms with Gasteiger partial charge in [0, 0.05) is 18.4 Å². The van der Waals surface area contributed by atoms with E-state index in [1.807, 2.05) is 12.2 Å². The van der Waals surface area contributed by atoms with Crippen LogP contribution in [0.5, 0.6) is 0 Å². The zero-order chi connectivity index (χ0) is 14.2. The summed E-state index contributed by atoms with van der Waals surface area (Å²) in [6.45, 7) is 1.89. The molecule has 0 heterocycles. The predicted octanol–water partition coefficient (Wildman–Crippen LogP) is 3.34. The number of anilines is 1. The summed E-state index contributed by atoms with van der Waals surface area (Å²) in [4.78, 5) is 10.4. The number of halogens is 2. The molecular formula is C13H15F2NO3. The van der Waals surface area contributed by atoms with E-state index in [1.54, 1.807) is 7.11 Å². The number of amides is 1. The van der Waals surface area contributed by atoms with E-state index in [9.17, 15) is 13.6 Å². The Balaban J connectivity index is 2.21. The number of carboxylic acid groups (broad SMARTS) is 1. The van der Waals surface area contributed by atoms with Crippen LogP contribution in [0.25, 0.3) is 0 Å². The van der Waals surface area contributed by atoms with Gasteiger partial charge in [-0.1, -0.05) is 0 Å². The van der Waals surface area contributed by atoms with Crippen molar-refractivity contribution in [2.75, 3.05) is 12.4 Å². The van der Waals surface area contributed by atoms with Gasteiger partial charge in [0.15, 0.2) is 0 Å². The molecule has 0 aromatic heterocycles. The molecule has 2 rings (SSSR count). The lowest BCUT2D eigenvalue weighted by Crippen LogP contribution is -2.41. The van der Waals surface area contributed by atoms with Crippen LogP contribution in [-0.4, -0.2) is 23.9 Å². The number of hydrogen-bond acceptors (Lipinski definition) is 2. The summed E-state index contributed by atoms with van der Waals surface area (Å²) in [5.41, 5.74) is -0.438. The second-order valence-electron chi connectivity index (χ2n) is 5.04.